The van der Waals surface area contributed by atoms with Crippen LogP contribution in [0.15, 0.2) is 83.4 Å². The van der Waals surface area contributed by atoms with Crippen LogP contribution >= 0.6 is 0 Å². The number of carbonyl (C=O) groups excluding carboxylic acids is 2. The van der Waals surface area contributed by atoms with Gasteiger partial charge >= 0.3 is 12.1 Å². The fourth-order valence-electron chi connectivity index (χ4n) is 7.05. The summed E-state index contributed by atoms with van der Waals surface area (Å²) in [6.45, 7) is 8.02. The van der Waals surface area contributed by atoms with Gasteiger partial charge in [-0.1, -0.05) is 73.5 Å². The predicted octanol–water partition coefficient (Wildman–Crippen LogP) is 6.43. The van der Waals surface area contributed by atoms with Crippen LogP contribution in [0, 0.1) is 5.41 Å². The molecule has 1 atom stereocenters. The molecule has 1 saturated carbocycles. The van der Waals surface area contributed by atoms with Crippen molar-refractivity contribution in [2.24, 2.45) is 5.41 Å². The van der Waals surface area contributed by atoms with Gasteiger partial charge < -0.3 is 19.4 Å². The molecule has 3 heterocycles. The van der Waals surface area contributed by atoms with E-state index in [0.717, 1.165) is 36.8 Å². The lowest BCUT2D eigenvalue weighted by Gasteiger charge is -2.47. The highest BCUT2D eigenvalue weighted by molar-refractivity contribution is 5.76. The van der Waals surface area contributed by atoms with Crippen molar-refractivity contribution in [2.75, 3.05) is 32.7 Å². The van der Waals surface area contributed by atoms with Crippen molar-refractivity contribution in [2.45, 2.75) is 64.5 Å². The number of likely N-dealkylation sites (tertiary alicyclic amines) is 1. The lowest BCUT2D eigenvalue weighted by atomic mass is 9.74. The summed E-state index contributed by atoms with van der Waals surface area (Å²) < 4.78 is 7.27. The van der Waals surface area contributed by atoms with Crippen LogP contribution in [-0.4, -0.2) is 74.7 Å². The van der Waals surface area contributed by atoms with E-state index in [1.165, 1.54) is 5.57 Å². The minimum absolute atomic E-state index is 0.00376. The maximum Gasteiger partial charge on any atom is 0.410 e. The predicted molar refractivity (Wildman–Crippen MR) is 174 cm³/mol. The molecule has 9 nitrogen and oxygen atoms in total. The highest BCUT2D eigenvalue weighted by Crippen LogP contribution is 2.49. The summed E-state index contributed by atoms with van der Waals surface area (Å²) in [7, 11) is 0. The number of ether oxygens (including phenoxy) is 1. The second-order valence-electron chi connectivity index (χ2n) is 13.5. The van der Waals surface area contributed by atoms with Crippen LogP contribution in [0.1, 0.15) is 64.5 Å². The molecular weight excluding hydrogens is 566 g/mol. The Bertz CT molecular complexity index is 1610. The van der Waals surface area contributed by atoms with Crippen LogP contribution in [0.4, 0.5) is 9.59 Å². The first-order chi connectivity index (χ1) is 21.6. The van der Waals surface area contributed by atoms with Gasteiger partial charge in [-0.2, -0.15) is 0 Å². The van der Waals surface area contributed by atoms with Gasteiger partial charge in [-0.3, -0.25) is 9.36 Å². The molecule has 0 bridgehead atoms. The summed E-state index contributed by atoms with van der Waals surface area (Å²) in [6.07, 6.45) is 8.11. The van der Waals surface area contributed by atoms with Crippen LogP contribution in [0.5, 0.6) is 0 Å². The van der Waals surface area contributed by atoms with Gasteiger partial charge in [-0.15, -0.1) is 0 Å². The Balaban J connectivity index is 1.22. The van der Waals surface area contributed by atoms with E-state index in [9.17, 15) is 14.4 Å². The highest BCUT2D eigenvalue weighted by atomic mass is 16.6. The smallest absolute Gasteiger partial charge is 0.410 e. The molecule has 2 saturated heterocycles. The van der Waals surface area contributed by atoms with E-state index in [-0.39, 0.29) is 29.1 Å². The average molecular weight is 610 g/mol. The minimum Gasteiger partial charge on any atom is -0.444 e. The minimum atomic E-state index is -0.591. The van der Waals surface area contributed by atoms with E-state index in [4.69, 9.17) is 4.74 Å². The molecule has 6 rings (SSSR count). The Hall–Kier alpha value is -4.40. The number of hydrogen-bond acceptors (Lipinski definition) is 5. The number of amides is 3. The molecule has 1 unspecified atom stereocenters. The van der Waals surface area contributed by atoms with Crippen molar-refractivity contribution in [1.82, 2.24) is 24.3 Å². The van der Waals surface area contributed by atoms with E-state index >= 15 is 0 Å². The number of piperidine rings is 1. The van der Waals surface area contributed by atoms with Gasteiger partial charge in [-0.25, -0.2) is 14.6 Å². The third kappa shape index (κ3) is 6.67. The van der Waals surface area contributed by atoms with Crippen LogP contribution < -0.4 is 5.56 Å². The Morgan fingerprint density at radius 2 is 1.62 bits per heavy atom. The number of nitrogens with zero attached hydrogens (tertiary/aromatic N) is 5. The number of hydrogen-bond donors (Lipinski definition) is 0. The molecule has 2 aromatic carbocycles. The molecule has 3 aliphatic rings. The average Bonchev–Trinajstić information content (AvgIpc) is 3.51. The molecule has 0 radical (unpaired) electrons. The standard InChI is InChI=1S/C36H43N5O4/c1-35(2,3)45-34(44)38-20-21-41(31(24-38)28-14-8-5-9-15-28)33(43)39-19-16-29(36(25-39)17-10-11-18-36)23-40-26-37-30(22-32(40)42)27-12-6-4-7-13-27/h4-9,12-15,22-23,26,31H,10-11,16-21,24-25H2,1-3H3. The maximum atomic E-state index is 14.3. The van der Waals surface area contributed by atoms with Gasteiger partial charge in [0, 0.05) is 56.0 Å². The highest BCUT2D eigenvalue weighted by Gasteiger charge is 2.45. The van der Waals surface area contributed by atoms with Gasteiger partial charge in [0.1, 0.15) is 11.9 Å². The van der Waals surface area contributed by atoms with Crippen LogP contribution in [0.2, 0.25) is 0 Å². The molecule has 9 heteroatoms. The Morgan fingerprint density at radius 3 is 2.29 bits per heavy atom. The van der Waals surface area contributed by atoms with Gasteiger partial charge in [0.25, 0.3) is 5.56 Å². The first kappa shape index (κ1) is 30.6. The summed E-state index contributed by atoms with van der Waals surface area (Å²) in [4.78, 5) is 50.7. The number of aromatic nitrogens is 2. The third-order valence-electron chi connectivity index (χ3n) is 9.32. The Labute approximate surface area is 265 Å². The quantitative estimate of drug-likeness (QED) is 0.342. The summed E-state index contributed by atoms with van der Waals surface area (Å²) in [5.41, 5.74) is 2.92. The van der Waals surface area contributed by atoms with E-state index in [0.29, 0.717) is 44.8 Å². The zero-order chi connectivity index (χ0) is 31.6. The molecule has 2 aliphatic heterocycles. The molecule has 1 aliphatic carbocycles. The van der Waals surface area contributed by atoms with E-state index in [2.05, 4.69) is 4.98 Å². The molecule has 0 N–H and O–H groups in total. The fourth-order valence-corrected chi connectivity index (χ4v) is 7.05. The number of piperazine rings is 1. The number of rotatable bonds is 3. The largest absolute Gasteiger partial charge is 0.444 e. The summed E-state index contributed by atoms with van der Waals surface area (Å²) in [5, 5.41) is 0. The van der Waals surface area contributed by atoms with Crippen molar-refractivity contribution in [1.29, 1.82) is 0 Å². The summed E-state index contributed by atoms with van der Waals surface area (Å²) in [5.74, 6) is 0. The number of carbonyl (C=O) groups is 2. The van der Waals surface area contributed by atoms with Crippen molar-refractivity contribution in [3.05, 3.63) is 94.5 Å². The van der Waals surface area contributed by atoms with Crippen molar-refractivity contribution in [3.8, 4) is 11.3 Å². The third-order valence-corrected chi connectivity index (χ3v) is 9.32. The molecule has 3 fully saturated rings. The van der Waals surface area contributed by atoms with Crippen molar-refractivity contribution in [3.63, 3.8) is 0 Å². The lowest BCUT2D eigenvalue weighted by Crippen LogP contribution is -2.58. The number of urea groups is 1. The zero-order valence-electron chi connectivity index (χ0n) is 26.5. The lowest BCUT2D eigenvalue weighted by molar-refractivity contribution is 0.00520. The second-order valence-corrected chi connectivity index (χ2v) is 13.5. The Kier molecular flexibility index (Phi) is 8.53. The SMILES string of the molecule is CC(C)(C)OC(=O)N1CCN(C(=O)N2CCC(=Cn3cnc(-c4ccccc4)cc3=O)C3(CCCC3)C2)C(c2ccccc2)C1. The molecule has 3 amide bonds. The Morgan fingerprint density at radius 1 is 0.933 bits per heavy atom. The molecule has 1 aromatic heterocycles. The fraction of sp³-hybridized carbons (Fsp3) is 0.444. The summed E-state index contributed by atoms with van der Waals surface area (Å²) >= 11 is 0. The molecule has 236 valence electrons. The normalized spacial score (nSPS) is 20.9. The molecule has 45 heavy (non-hydrogen) atoms. The zero-order valence-corrected chi connectivity index (χ0v) is 26.5. The topological polar surface area (TPSA) is 88.0 Å². The molecule has 3 aromatic rings. The second kappa shape index (κ2) is 12.5. The number of benzene rings is 2. The van der Waals surface area contributed by atoms with Crippen LogP contribution in [0.3, 0.4) is 0 Å². The van der Waals surface area contributed by atoms with Crippen molar-refractivity contribution < 1.29 is 14.3 Å². The molecular formula is C36H43N5O4. The van der Waals surface area contributed by atoms with E-state index in [1.807, 2.05) is 97.4 Å². The van der Waals surface area contributed by atoms with E-state index in [1.54, 1.807) is 21.9 Å². The summed E-state index contributed by atoms with van der Waals surface area (Å²) in [6, 6.07) is 21.0. The van der Waals surface area contributed by atoms with Crippen LogP contribution in [0.25, 0.3) is 17.5 Å². The first-order valence-corrected chi connectivity index (χ1v) is 16.1. The van der Waals surface area contributed by atoms with Gasteiger partial charge in [0.05, 0.1) is 11.7 Å². The van der Waals surface area contributed by atoms with Gasteiger partial charge in [0.15, 0.2) is 0 Å². The van der Waals surface area contributed by atoms with Gasteiger partial charge in [-0.05, 0) is 51.2 Å². The monoisotopic (exact) mass is 609 g/mol. The first-order valence-electron chi connectivity index (χ1n) is 16.1. The van der Waals surface area contributed by atoms with Crippen LogP contribution in [-0.2, 0) is 4.74 Å². The van der Waals surface area contributed by atoms with Crippen molar-refractivity contribution >= 4 is 18.3 Å². The maximum absolute atomic E-state index is 14.3. The molecule has 1 spiro atoms. The van der Waals surface area contributed by atoms with E-state index < -0.39 is 5.60 Å². The van der Waals surface area contributed by atoms with Gasteiger partial charge in [0.2, 0.25) is 0 Å².